The Bertz CT molecular complexity index is 492. The number of benzene rings is 2. The fraction of sp³-hybridized carbons (Fsp3) is 0.0769. The standard InChI is InChI=1S/C13H12ClN/c1-9-8-10(6-7-13(9)15)11-4-2-3-5-12(11)14/h2-8H,15H2,1H3. The zero-order valence-electron chi connectivity index (χ0n) is 8.50. The lowest BCUT2D eigenvalue weighted by Gasteiger charge is -2.06. The molecule has 1 nitrogen and oxygen atoms in total. The first-order chi connectivity index (χ1) is 7.18. The summed E-state index contributed by atoms with van der Waals surface area (Å²) in [5.41, 5.74) is 9.81. The molecule has 0 saturated carbocycles. The maximum atomic E-state index is 6.12. The number of aryl methyl sites for hydroxylation is 1. The lowest BCUT2D eigenvalue weighted by Crippen LogP contribution is -1.89. The van der Waals surface area contributed by atoms with Gasteiger partial charge in [-0.1, -0.05) is 35.9 Å². The largest absolute Gasteiger partial charge is 0.399 e. The number of nitrogen functional groups attached to an aromatic ring is 1. The van der Waals surface area contributed by atoms with Crippen LogP contribution in [-0.2, 0) is 0 Å². The van der Waals surface area contributed by atoms with Crippen molar-refractivity contribution in [1.29, 1.82) is 0 Å². The number of anilines is 1. The Morgan fingerprint density at radius 3 is 2.47 bits per heavy atom. The molecule has 0 fully saturated rings. The van der Waals surface area contributed by atoms with Gasteiger partial charge in [0.15, 0.2) is 0 Å². The molecule has 2 N–H and O–H groups in total. The van der Waals surface area contributed by atoms with Crippen molar-refractivity contribution in [3.8, 4) is 11.1 Å². The highest BCUT2D eigenvalue weighted by Crippen LogP contribution is 2.29. The van der Waals surface area contributed by atoms with E-state index in [1.165, 1.54) is 0 Å². The van der Waals surface area contributed by atoms with Crippen LogP contribution >= 0.6 is 11.6 Å². The summed E-state index contributed by atoms with van der Waals surface area (Å²) in [5, 5.41) is 0.765. The zero-order valence-corrected chi connectivity index (χ0v) is 9.25. The molecule has 76 valence electrons. The van der Waals surface area contributed by atoms with E-state index in [0.29, 0.717) is 0 Å². The molecular weight excluding hydrogens is 206 g/mol. The summed E-state index contributed by atoms with van der Waals surface area (Å²) in [6, 6.07) is 13.8. The van der Waals surface area contributed by atoms with E-state index in [0.717, 1.165) is 27.4 Å². The monoisotopic (exact) mass is 217 g/mol. The fourth-order valence-electron chi connectivity index (χ4n) is 1.54. The van der Waals surface area contributed by atoms with Crippen LogP contribution in [0.15, 0.2) is 42.5 Å². The highest BCUT2D eigenvalue weighted by molar-refractivity contribution is 6.33. The predicted octanol–water partition coefficient (Wildman–Crippen LogP) is 3.90. The summed E-state index contributed by atoms with van der Waals surface area (Å²) in [6.45, 7) is 2.00. The van der Waals surface area contributed by atoms with E-state index in [9.17, 15) is 0 Å². The van der Waals surface area contributed by atoms with Crippen molar-refractivity contribution in [3.63, 3.8) is 0 Å². The summed E-state index contributed by atoms with van der Waals surface area (Å²) < 4.78 is 0. The van der Waals surface area contributed by atoms with Gasteiger partial charge in [0.05, 0.1) is 0 Å². The van der Waals surface area contributed by atoms with Gasteiger partial charge < -0.3 is 5.73 Å². The molecular formula is C13H12ClN. The zero-order chi connectivity index (χ0) is 10.8. The predicted molar refractivity (Wildman–Crippen MR) is 66.0 cm³/mol. The first-order valence-electron chi connectivity index (χ1n) is 4.79. The highest BCUT2D eigenvalue weighted by Gasteiger charge is 2.03. The normalized spacial score (nSPS) is 10.3. The minimum atomic E-state index is 0.765. The summed E-state index contributed by atoms with van der Waals surface area (Å²) in [4.78, 5) is 0. The van der Waals surface area contributed by atoms with Crippen LogP contribution in [0.2, 0.25) is 5.02 Å². The molecule has 0 radical (unpaired) electrons. The van der Waals surface area contributed by atoms with Crippen LogP contribution in [0.25, 0.3) is 11.1 Å². The molecule has 0 heterocycles. The van der Waals surface area contributed by atoms with E-state index in [2.05, 4.69) is 6.07 Å². The molecule has 0 bridgehead atoms. The van der Waals surface area contributed by atoms with E-state index in [-0.39, 0.29) is 0 Å². The lowest BCUT2D eigenvalue weighted by molar-refractivity contribution is 1.46. The van der Waals surface area contributed by atoms with E-state index in [1.54, 1.807) is 0 Å². The van der Waals surface area contributed by atoms with E-state index >= 15 is 0 Å². The van der Waals surface area contributed by atoms with Crippen molar-refractivity contribution in [2.45, 2.75) is 6.92 Å². The molecule has 0 unspecified atom stereocenters. The Hall–Kier alpha value is -1.47. The third kappa shape index (κ3) is 1.97. The first-order valence-corrected chi connectivity index (χ1v) is 5.17. The topological polar surface area (TPSA) is 26.0 Å². The molecule has 0 amide bonds. The van der Waals surface area contributed by atoms with Gasteiger partial charge in [0.2, 0.25) is 0 Å². The van der Waals surface area contributed by atoms with E-state index < -0.39 is 0 Å². The van der Waals surface area contributed by atoms with Crippen LogP contribution < -0.4 is 5.73 Å². The van der Waals surface area contributed by atoms with Gasteiger partial charge in [0, 0.05) is 16.3 Å². The molecule has 0 aliphatic heterocycles. The maximum Gasteiger partial charge on any atom is 0.0484 e. The van der Waals surface area contributed by atoms with E-state index in [1.807, 2.05) is 43.3 Å². The van der Waals surface area contributed by atoms with Crippen LogP contribution in [0.3, 0.4) is 0 Å². The molecule has 2 heteroatoms. The number of halogens is 1. The number of hydrogen-bond donors (Lipinski definition) is 1. The van der Waals surface area contributed by atoms with Gasteiger partial charge in [-0.05, 0) is 36.2 Å². The molecule has 2 aromatic carbocycles. The number of nitrogens with two attached hydrogens (primary N) is 1. The molecule has 0 spiro atoms. The van der Waals surface area contributed by atoms with Gasteiger partial charge in [-0.2, -0.15) is 0 Å². The van der Waals surface area contributed by atoms with Crippen molar-refractivity contribution in [2.24, 2.45) is 0 Å². The van der Waals surface area contributed by atoms with Crippen molar-refractivity contribution in [2.75, 3.05) is 5.73 Å². The molecule has 2 rings (SSSR count). The van der Waals surface area contributed by atoms with Gasteiger partial charge in [-0.15, -0.1) is 0 Å². The second kappa shape index (κ2) is 3.95. The minimum Gasteiger partial charge on any atom is -0.399 e. The first kappa shape index (κ1) is 10.1. The quantitative estimate of drug-likeness (QED) is 0.721. The Morgan fingerprint density at radius 2 is 1.80 bits per heavy atom. The second-order valence-electron chi connectivity index (χ2n) is 3.55. The molecule has 0 aromatic heterocycles. The van der Waals surface area contributed by atoms with Gasteiger partial charge >= 0.3 is 0 Å². The Balaban J connectivity index is 2.55. The van der Waals surface area contributed by atoms with Crippen LogP contribution in [0.4, 0.5) is 5.69 Å². The number of hydrogen-bond acceptors (Lipinski definition) is 1. The average molecular weight is 218 g/mol. The molecule has 0 aliphatic carbocycles. The Morgan fingerprint density at radius 1 is 1.07 bits per heavy atom. The van der Waals surface area contributed by atoms with Crippen LogP contribution in [-0.4, -0.2) is 0 Å². The molecule has 2 aromatic rings. The smallest absolute Gasteiger partial charge is 0.0484 e. The summed E-state index contributed by atoms with van der Waals surface area (Å²) in [7, 11) is 0. The Labute approximate surface area is 94.5 Å². The van der Waals surface area contributed by atoms with Crippen LogP contribution in [0.5, 0.6) is 0 Å². The van der Waals surface area contributed by atoms with Crippen molar-refractivity contribution >= 4 is 17.3 Å². The minimum absolute atomic E-state index is 0.765. The van der Waals surface area contributed by atoms with Crippen LogP contribution in [0, 0.1) is 6.92 Å². The van der Waals surface area contributed by atoms with Gasteiger partial charge in [0.25, 0.3) is 0 Å². The molecule has 15 heavy (non-hydrogen) atoms. The second-order valence-corrected chi connectivity index (χ2v) is 3.96. The van der Waals surface area contributed by atoms with Crippen molar-refractivity contribution < 1.29 is 0 Å². The average Bonchev–Trinajstić information content (AvgIpc) is 2.23. The maximum absolute atomic E-state index is 6.12. The van der Waals surface area contributed by atoms with Crippen molar-refractivity contribution in [3.05, 3.63) is 53.1 Å². The fourth-order valence-corrected chi connectivity index (χ4v) is 1.78. The van der Waals surface area contributed by atoms with Gasteiger partial charge in [0.1, 0.15) is 0 Å². The van der Waals surface area contributed by atoms with Gasteiger partial charge in [-0.25, -0.2) is 0 Å². The highest BCUT2D eigenvalue weighted by atomic mass is 35.5. The third-order valence-electron chi connectivity index (χ3n) is 2.45. The van der Waals surface area contributed by atoms with Crippen molar-refractivity contribution in [1.82, 2.24) is 0 Å². The summed E-state index contributed by atoms with van der Waals surface area (Å²) in [5.74, 6) is 0. The molecule has 0 atom stereocenters. The van der Waals surface area contributed by atoms with Crippen LogP contribution in [0.1, 0.15) is 5.56 Å². The third-order valence-corrected chi connectivity index (χ3v) is 2.78. The van der Waals surface area contributed by atoms with E-state index in [4.69, 9.17) is 17.3 Å². The Kier molecular flexibility index (Phi) is 2.65. The molecule has 0 aliphatic rings. The summed E-state index contributed by atoms with van der Waals surface area (Å²) in [6.07, 6.45) is 0. The lowest BCUT2D eigenvalue weighted by atomic mass is 10.0. The molecule has 0 saturated heterocycles. The summed E-state index contributed by atoms with van der Waals surface area (Å²) >= 11 is 6.12. The number of rotatable bonds is 1. The van der Waals surface area contributed by atoms with Gasteiger partial charge in [-0.3, -0.25) is 0 Å². The SMILES string of the molecule is Cc1cc(-c2ccccc2Cl)ccc1N.